The van der Waals surface area contributed by atoms with Gasteiger partial charge >= 0.3 is 11.8 Å². The highest BCUT2D eigenvalue weighted by molar-refractivity contribution is 8.00. The molecule has 1 fully saturated rings. The van der Waals surface area contributed by atoms with Crippen molar-refractivity contribution in [2.45, 2.75) is 16.7 Å². The molecule has 0 radical (unpaired) electrons. The minimum absolute atomic E-state index is 0. The van der Waals surface area contributed by atoms with Crippen molar-refractivity contribution < 1.29 is 9.21 Å². The van der Waals surface area contributed by atoms with Crippen LogP contribution in [-0.4, -0.2) is 46.4 Å². The summed E-state index contributed by atoms with van der Waals surface area (Å²) < 4.78 is 5.55. The Morgan fingerprint density at radius 3 is 2.54 bits per heavy atom. The Morgan fingerprint density at radius 2 is 1.86 bits per heavy atom. The van der Waals surface area contributed by atoms with Gasteiger partial charge in [0.05, 0.1) is 0 Å². The summed E-state index contributed by atoms with van der Waals surface area (Å²) >= 11 is 1.79. The van der Waals surface area contributed by atoms with Gasteiger partial charge in [0.25, 0.3) is 0 Å². The molecule has 2 heterocycles. The van der Waals surface area contributed by atoms with E-state index in [1.54, 1.807) is 16.7 Å². The second kappa shape index (κ2) is 9.23. The Hall–Kier alpha value is -2.35. The van der Waals surface area contributed by atoms with Crippen molar-refractivity contribution in [3.05, 3.63) is 66.1 Å². The maximum Gasteiger partial charge on any atom is 0.311 e. The highest BCUT2D eigenvalue weighted by atomic mass is 35.5. The quantitative estimate of drug-likeness (QED) is 0.663. The molecule has 0 spiro atoms. The first-order chi connectivity index (χ1) is 13.2. The average molecular weight is 417 g/mol. The molecule has 146 valence electrons. The summed E-state index contributed by atoms with van der Waals surface area (Å²) in [5.74, 6) is 0.215. The van der Waals surface area contributed by atoms with Crippen LogP contribution >= 0.6 is 24.2 Å². The lowest BCUT2D eigenvalue weighted by molar-refractivity contribution is 0.0623. The lowest BCUT2D eigenvalue weighted by atomic mass is 10.2. The molecule has 1 aromatic heterocycles. The Morgan fingerprint density at radius 1 is 1.14 bits per heavy atom. The van der Waals surface area contributed by atoms with Crippen LogP contribution in [0.4, 0.5) is 0 Å². The Balaban J connectivity index is 0.00000225. The van der Waals surface area contributed by atoms with Crippen molar-refractivity contribution in [2.24, 2.45) is 0 Å². The van der Waals surface area contributed by atoms with E-state index in [2.05, 4.69) is 39.8 Å². The van der Waals surface area contributed by atoms with E-state index in [0.717, 1.165) is 12.1 Å². The normalized spacial score (nSPS) is 13.7. The van der Waals surface area contributed by atoms with Crippen molar-refractivity contribution in [3.8, 4) is 11.5 Å². The summed E-state index contributed by atoms with van der Waals surface area (Å²) in [4.78, 5) is 15.5. The van der Waals surface area contributed by atoms with E-state index in [1.165, 1.54) is 10.5 Å². The molecule has 8 heteroatoms. The van der Waals surface area contributed by atoms with Gasteiger partial charge in [0.1, 0.15) is 0 Å². The van der Waals surface area contributed by atoms with E-state index >= 15 is 0 Å². The largest absolute Gasteiger partial charge is 0.412 e. The van der Waals surface area contributed by atoms with Crippen LogP contribution in [0.1, 0.15) is 16.2 Å². The summed E-state index contributed by atoms with van der Waals surface area (Å²) in [6, 6.07) is 18.0. The van der Waals surface area contributed by atoms with Crippen LogP contribution in [0.3, 0.4) is 0 Å². The van der Waals surface area contributed by atoms with Gasteiger partial charge in [-0.2, -0.15) is 0 Å². The molecule has 4 rings (SSSR count). The van der Waals surface area contributed by atoms with Crippen LogP contribution in [0.15, 0.2) is 63.9 Å². The predicted octanol–water partition coefficient (Wildman–Crippen LogP) is 3.49. The van der Waals surface area contributed by atoms with Gasteiger partial charge in [0.15, 0.2) is 0 Å². The molecule has 3 aromatic rings. The molecule has 0 atom stereocenters. The molecule has 1 N–H and O–H groups in total. The van der Waals surface area contributed by atoms with E-state index < -0.39 is 0 Å². The molecule has 0 unspecified atom stereocenters. The number of hydrogen-bond donors (Lipinski definition) is 1. The number of benzene rings is 2. The lowest BCUT2D eigenvalue weighted by Crippen LogP contribution is -2.52. The van der Waals surface area contributed by atoms with Crippen LogP contribution in [0.5, 0.6) is 0 Å². The van der Waals surface area contributed by atoms with Crippen LogP contribution in [0.2, 0.25) is 0 Å². The Bertz CT molecular complexity index is 911. The van der Waals surface area contributed by atoms with Gasteiger partial charge in [0, 0.05) is 35.3 Å². The topological polar surface area (TPSA) is 71.3 Å². The number of rotatable bonds is 6. The number of nitrogens with zero attached hydrogens (tertiary/aromatic N) is 3. The fraction of sp³-hybridized carbons (Fsp3) is 0.250. The van der Waals surface area contributed by atoms with Crippen molar-refractivity contribution in [3.63, 3.8) is 0 Å². The highest BCUT2D eigenvalue weighted by Gasteiger charge is 2.34. The van der Waals surface area contributed by atoms with Crippen LogP contribution < -0.4 is 5.32 Å². The summed E-state index contributed by atoms with van der Waals surface area (Å²) in [5.41, 5.74) is 2.07. The monoisotopic (exact) mass is 416 g/mol. The van der Waals surface area contributed by atoms with E-state index in [-0.39, 0.29) is 24.2 Å². The molecule has 0 saturated carbocycles. The number of thioether (sulfide) groups is 1. The van der Waals surface area contributed by atoms with Gasteiger partial charge in [-0.15, -0.1) is 34.4 Å². The number of aromatic nitrogens is 2. The third kappa shape index (κ3) is 4.55. The summed E-state index contributed by atoms with van der Waals surface area (Å²) in [6.07, 6.45) is 0. The standard InChI is InChI=1S/C20H20N4O2S.ClH/c1-21-11-14-7-9-16(10-8-14)27-17-12-24(13-17)20(25)19-23-22-18(26-19)15-5-3-2-4-6-15;/h2-10,17,21H,11-13H2,1H3;1H. The van der Waals surface area contributed by atoms with Gasteiger partial charge in [-0.05, 0) is 36.9 Å². The van der Waals surface area contributed by atoms with Gasteiger partial charge in [0.2, 0.25) is 5.89 Å². The first-order valence-corrected chi connectivity index (χ1v) is 9.69. The van der Waals surface area contributed by atoms with Crippen molar-refractivity contribution in [2.75, 3.05) is 20.1 Å². The molecule has 0 bridgehead atoms. The Labute approximate surface area is 174 Å². The third-order valence-electron chi connectivity index (χ3n) is 4.37. The Kier molecular flexibility index (Phi) is 6.72. The molecule has 6 nitrogen and oxygen atoms in total. The zero-order valence-electron chi connectivity index (χ0n) is 15.4. The number of likely N-dealkylation sites (tertiary alicyclic amines) is 1. The van der Waals surface area contributed by atoms with Crippen LogP contribution in [0.25, 0.3) is 11.5 Å². The first kappa shape index (κ1) is 20.4. The molecular formula is C20H21ClN4O2S. The van der Waals surface area contributed by atoms with Gasteiger partial charge < -0.3 is 14.6 Å². The van der Waals surface area contributed by atoms with Gasteiger partial charge in [-0.1, -0.05) is 30.3 Å². The van der Waals surface area contributed by atoms with E-state index in [4.69, 9.17) is 4.42 Å². The molecular weight excluding hydrogens is 396 g/mol. The first-order valence-electron chi connectivity index (χ1n) is 8.81. The van der Waals surface area contributed by atoms with Crippen molar-refractivity contribution in [1.29, 1.82) is 0 Å². The molecule has 2 aromatic carbocycles. The smallest absolute Gasteiger partial charge is 0.311 e. The minimum atomic E-state index is -0.203. The van der Waals surface area contributed by atoms with Gasteiger partial charge in [-0.3, -0.25) is 4.79 Å². The van der Waals surface area contributed by atoms with E-state index in [1.807, 2.05) is 37.4 Å². The van der Waals surface area contributed by atoms with Crippen molar-refractivity contribution >= 4 is 30.1 Å². The predicted molar refractivity (Wildman–Crippen MR) is 112 cm³/mol. The number of nitrogens with one attached hydrogen (secondary N) is 1. The second-order valence-corrected chi connectivity index (χ2v) is 7.78. The molecule has 28 heavy (non-hydrogen) atoms. The summed E-state index contributed by atoms with van der Waals surface area (Å²) in [5, 5.41) is 11.4. The summed E-state index contributed by atoms with van der Waals surface area (Å²) in [6.45, 7) is 2.24. The average Bonchev–Trinajstić information content (AvgIpc) is 3.16. The van der Waals surface area contributed by atoms with Gasteiger partial charge in [-0.25, -0.2) is 0 Å². The summed E-state index contributed by atoms with van der Waals surface area (Å²) in [7, 11) is 1.94. The van der Waals surface area contributed by atoms with Crippen LogP contribution in [-0.2, 0) is 6.54 Å². The van der Waals surface area contributed by atoms with Crippen LogP contribution in [0, 0.1) is 0 Å². The number of hydrogen-bond acceptors (Lipinski definition) is 6. The molecule has 0 aliphatic carbocycles. The molecule has 1 amide bonds. The minimum Gasteiger partial charge on any atom is -0.412 e. The zero-order chi connectivity index (χ0) is 18.6. The second-order valence-electron chi connectivity index (χ2n) is 6.40. The number of amides is 1. The maximum atomic E-state index is 12.5. The number of carbonyl (C=O) groups is 1. The maximum absolute atomic E-state index is 12.5. The third-order valence-corrected chi connectivity index (χ3v) is 5.55. The molecule has 1 aliphatic heterocycles. The number of halogens is 1. The fourth-order valence-electron chi connectivity index (χ4n) is 2.90. The van der Waals surface area contributed by atoms with E-state index in [0.29, 0.717) is 24.2 Å². The zero-order valence-corrected chi connectivity index (χ0v) is 17.0. The van der Waals surface area contributed by atoms with Crippen molar-refractivity contribution in [1.82, 2.24) is 20.4 Å². The number of carbonyl (C=O) groups excluding carboxylic acids is 1. The lowest BCUT2D eigenvalue weighted by Gasteiger charge is -2.37. The highest BCUT2D eigenvalue weighted by Crippen LogP contribution is 2.31. The van der Waals surface area contributed by atoms with E-state index in [9.17, 15) is 4.79 Å². The fourth-order valence-corrected chi connectivity index (χ4v) is 4.09. The SMILES string of the molecule is CNCc1ccc(SC2CN(C(=O)c3nnc(-c4ccccc4)o3)C2)cc1.Cl. The molecule has 1 aliphatic rings. The molecule has 1 saturated heterocycles.